The minimum absolute atomic E-state index is 0.0935. The summed E-state index contributed by atoms with van der Waals surface area (Å²) < 4.78 is 13.5. The van der Waals surface area contributed by atoms with E-state index in [9.17, 15) is 19.3 Å². The number of nitrogens with one attached hydrogen (secondary N) is 1. The second kappa shape index (κ2) is 6.77. The van der Waals surface area contributed by atoms with Gasteiger partial charge in [-0.05, 0) is 24.3 Å². The summed E-state index contributed by atoms with van der Waals surface area (Å²) in [5, 5.41) is 13.0. The first-order valence-electron chi connectivity index (χ1n) is 6.01. The number of halogens is 2. The first kappa shape index (κ1) is 15.6. The van der Waals surface area contributed by atoms with Crippen LogP contribution in [0.25, 0.3) is 6.08 Å². The molecule has 1 aromatic carbocycles. The third-order valence-electron chi connectivity index (χ3n) is 2.61. The topological polar surface area (TPSA) is 85.1 Å². The number of carbonyl (C=O) groups excluding carboxylic acids is 1. The monoisotopic (exact) mass is 321 g/mol. The number of hydrogen-bond donors (Lipinski definition) is 1. The highest BCUT2D eigenvalue weighted by molar-refractivity contribution is 6.32. The molecule has 1 aromatic heterocycles. The van der Waals surface area contributed by atoms with Crippen molar-refractivity contribution in [3.63, 3.8) is 0 Å². The minimum Gasteiger partial charge on any atom is -0.307 e. The highest BCUT2D eigenvalue weighted by Crippen LogP contribution is 2.20. The second-order valence-electron chi connectivity index (χ2n) is 4.12. The van der Waals surface area contributed by atoms with E-state index in [1.807, 2.05) is 0 Å². The molecule has 0 aliphatic carbocycles. The van der Waals surface area contributed by atoms with E-state index in [1.54, 1.807) is 0 Å². The maximum absolute atomic E-state index is 13.5. The van der Waals surface area contributed by atoms with E-state index >= 15 is 0 Å². The fraction of sp³-hybridized carbons (Fsp3) is 0. The van der Waals surface area contributed by atoms with Crippen LogP contribution in [0.5, 0.6) is 0 Å². The minimum atomic E-state index is -0.599. The third-order valence-corrected chi connectivity index (χ3v) is 2.94. The van der Waals surface area contributed by atoms with Gasteiger partial charge in [-0.25, -0.2) is 9.37 Å². The van der Waals surface area contributed by atoms with Crippen LogP contribution in [0.4, 0.5) is 15.9 Å². The summed E-state index contributed by atoms with van der Waals surface area (Å²) in [7, 11) is 0. The van der Waals surface area contributed by atoms with Gasteiger partial charge in [-0.2, -0.15) is 0 Å². The van der Waals surface area contributed by atoms with Crippen LogP contribution in [0.3, 0.4) is 0 Å². The average Bonchev–Trinajstić information content (AvgIpc) is 2.47. The Hall–Kier alpha value is -2.80. The largest absolute Gasteiger partial charge is 0.307 e. The number of rotatable bonds is 4. The van der Waals surface area contributed by atoms with Crippen molar-refractivity contribution in [3.8, 4) is 0 Å². The lowest BCUT2D eigenvalue weighted by molar-refractivity contribution is -0.385. The zero-order valence-electron chi connectivity index (χ0n) is 11.0. The number of aromatic nitrogens is 1. The normalized spacial score (nSPS) is 10.6. The first-order valence-corrected chi connectivity index (χ1v) is 6.38. The maximum atomic E-state index is 13.5. The lowest BCUT2D eigenvalue weighted by Crippen LogP contribution is -2.09. The number of nitro groups is 1. The second-order valence-corrected chi connectivity index (χ2v) is 4.52. The van der Waals surface area contributed by atoms with Crippen molar-refractivity contribution < 1.29 is 14.1 Å². The number of anilines is 1. The smallest absolute Gasteiger partial charge is 0.287 e. The van der Waals surface area contributed by atoms with E-state index in [0.29, 0.717) is 0 Å². The van der Waals surface area contributed by atoms with E-state index in [1.165, 1.54) is 36.4 Å². The Morgan fingerprint density at radius 2 is 2.14 bits per heavy atom. The van der Waals surface area contributed by atoms with Gasteiger partial charge in [0.15, 0.2) is 0 Å². The Morgan fingerprint density at radius 3 is 2.73 bits per heavy atom. The van der Waals surface area contributed by atoms with Crippen molar-refractivity contribution in [2.75, 3.05) is 5.32 Å². The lowest BCUT2D eigenvalue weighted by atomic mass is 10.2. The standard InChI is InChI=1S/C14H9ClFN3O3/c15-11-2-1-3-12(16)10(11)5-7-14(20)18-13-6-4-9(8-17-13)19(21)22/h1-8H,(H,17,18,20)/b7-5+. The molecule has 6 nitrogen and oxygen atoms in total. The van der Waals surface area contributed by atoms with Crippen molar-refractivity contribution >= 4 is 35.1 Å². The average molecular weight is 322 g/mol. The first-order chi connectivity index (χ1) is 10.5. The SMILES string of the molecule is O=C(/C=C/c1c(F)cccc1Cl)Nc1ccc([N+](=O)[O-])cn1. The summed E-state index contributed by atoms with van der Waals surface area (Å²) in [5.41, 5.74) is -0.0948. The highest BCUT2D eigenvalue weighted by atomic mass is 35.5. The number of pyridine rings is 1. The van der Waals surface area contributed by atoms with Crippen molar-refractivity contribution in [3.05, 3.63) is 69.1 Å². The Labute approximate surface area is 129 Å². The van der Waals surface area contributed by atoms with E-state index in [0.717, 1.165) is 12.3 Å². The summed E-state index contributed by atoms with van der Waals surface area (Å²) in [6.45, 7) is 0. The molecule has 0 bridgehead atoms. The van der Waals surface area contributed by atoms with Crippen LogP contribution in [-0.2, 0) is 4.79 Å². The van der Waals surface area contributed by atoms with Gasteiger partial charge in [0.1, 0.15) is 17.8 Å². The third kappa shape index (κ3) is 3.86. The molecule has 22 heavy (non-hydrogen) atoms. The summed E-state index contributed by atoms with van der Waals surface area (Å²) in [4.78, 5) is 25.3. The van der Waals surface area contributed by atoms with Crippen LogP contribution in [0.1, 0.15) is 5.56 Å². The van der Waals surface area contributed by atoms with Gasteiger partial charge in [-0.1, -0.05) is 17.7 Å². The van der Waals surface area contributed by atoms with Crippen LogP contribution in [0, 0.1) is 15.9 Å². The molecule has 0 unspecified atom stereocenters. The molecule has 2 aromatic rings. The summed E-state index contributed by atoms with van der Waals surface area (Å²) in [5.74, 6) is -0.981. The Morgan fingerprint density at radius 1 is 1.36 bits per heavy atom. The van der Waals surface area contributed by atoms with Gasteiger partial charge in [0.2, 0.25) is 5.91 Å². The molecule has 0 saturated carbocycles. The number of benzene rings is 1. The highest BCUT2D eigenvalue weighted by Gasteiger charge is 2.07. The molecular weight excluding hydrogens is 313 g/mol. The van der Waals surface area contributed by atoms with Crippen molar-refractivity contribution in [2.24, 2.45) is 0 Å². The molecule has 1 amide bonds. The van der Waals surface area contributed by atoms with Gasteiger partial charge in [0.25, 0.3) is 5.69 Å². The Bertz CT molecular complexity index is 727. The van der Waals surface area contributed by atoms with Gasteiger partial charge in [-0.3, -0.25) is 14.9 Å². The molecule has 2 rings (SSSR count). The molecule has 0 fully saturated rings. The van der Waals surface area contributed by atoms with Crippen LogP contribution in [0.2, 0.25) is 5.02 Å². The number of carbonyl (C=O) groups is 1. The zero-order valence-corrected chi connectivity index (χ0v) is 11.7. The lowest BCUT2D eigenvalue weighted by Gasteiger charge is -2.01. The van der Waals surface area contributed by atoms with Gasteiger partial charge in [-0.15, -0.1) is 0 Å². The molecule has 0 aliphatic heterocycles. The van der Waals surface area contributed by atoms with Crippen LogP contribution < -0.4 is 5.32 Å². The van der Waals surface area contributed by atoms with E-state index in [-0.39, 0.29) is 22.1 Å². The van der Waals surface area contributed by atoms with Crippen LogP contribution in [0.15, 0.2) is 42.6 Å². The van der Waals surface area contributed by atoms with Gasteiger partial charge >= 0.3 is 0 Å². The summed E-state index contributed by atoms with van der Waals surface area (Å²) >= 11 is 5.82. The molecule has 1 heterocycles. The molecule has 8 heteroatoms. The van der Waals surface area contributed by atoms with E-state index < -0.39 is 16.6 Å². The fourth-order valence-electron chi connectivity index (χ4n) is 1.56. The summed E-state index contributed by atoms with van der Waals surface area (Å²) in [6, 6.07) is 6.68. The Kier molecular flexibility index (Phi) is 4.80. The molecule has 0 saturated heterocycles. The molecule has 0 aliphatic rings. The fourth-order valence-corrected chi connectivity index (χ4v) is 1.79. The number of amides is 1. The van der Waals surface area contributed by atoms with Gasteiger partial charge < -0.3 is 5.32 Å². The number of nitrogens with zero attached hydrogens (tertiary/aromatic N) is 2. The van der Waals surface area contributed by atoms with Gasteiger partial charge in [0.05, 0.1) is 9.95 Å². The zero-order chi connectivity index (χ0) is 16.1. The molecule has 0 spiro atoms. The van der Waals surface area contributed by atoms with E-state index in [4.69, 9.17) is 11.6 Å². The molecule has 112 valence electrons. The van der Waals surface area contributed by atoms with Crippen molar-refractivity contribution in [1.82, 2.24) is 4.98 Å². The quantitative estimate of drug-likeness (QED) is 0.531. The molecule has 0 radical (unpaired) electrons. The van der Waals surface area contributed by atoms with Crippen molar-refractivity contribution in [2.45, 2.75) is 0 Å². The predicted octanol–water partition coefficient (Wildman–Crippen LogP) is 3.43. The number of hydrogen-bond acceptors (Lipinski definition) is 4. The summed E-state index contributed by atoms with van der Waals surface area (Å²) in [6.07, 6.45) is 3.35. The van der Waals surface area contributed by atoms with Crippen LogP contribution in [-0.4, -0.2) is 15.8 Å². The van der Waals surface area contributed by atoms with Gasteiger partial charge in [0, 0.05) is 17.7 Å². The maximum Gasteiger partial charge on any atom is 0.287 e. The molecule has 1 N–H and O–H groups in total. The van der Waals surface area contributed by atoms with E-state index in [2.05, 4.69) is 10.3 Å². The predicted molar refractivity (Wildman–Crippen MR) is 80.0 cm³/mol. The molecule has 0 atom stereocenters. The van der Waals surface area contributed by atoms with Crippen molar-refractivity contribution in [1.29, 1.82) is 0 Å². The Balaban J connectivity index is 2.06. The van der Waals surface area contributed by atoms with Crippen LogP contribution >= 0.6 is 11.6 Å². The molecular formula is C14H9ClFN3O3.